The van der Waals surface area contributed by atoms with Gasteiger partial charge < -0.3 is 20.4 Å². The van der Waals surface area contributed by atoms with Crippen molar-refractivity contribution in [1.29, 1.82) is 0 Å². The lowest BCUT2D eigenvalue weighted by atomic mass is 9.74. The Morgan fingerprint density at radius 2 is 0.882 bits per heavy atom. The van der Waals surface area contributed by atoms with Crippen LogP contribution in [0.2, 0.25) is 0 Å². The summed E-state index contributed by atoms with van der Waals surface area (Å²) >= 11 is 0. The Labute approximate surface area is 206 Å². The van der Waals surface area contributed by atoms with Gasteiger partial charge in [-0.2, -0.15) is 0 Å². The van der Waals surface area contributed by atoms with Gasteiger partial charge in [-0.05, 0) is 76.0 Å². The summed E-state index contributed by atoms with van der Waals surface area (Å²) < 4.78 is 0. The zero-order chi connectivity index (χ0) is 23.9. The fourth-order valence-electron chi connectivity index (χ4n) is 7.19. The Bertz CT molecular complexity index is 626. The fraction of sp³-hybridized carbons (Fsp3) is 0.929. The van der Waals surface area contributed by atoms with Crippen LogP contribution in [-0.2, 0) is 0 Å². The molecule has 4 rings (SSSR count). The van der Waals surface area contributed by atoms with Crippen LogP contribution in [0.1, 0.15) is 103 Å². The number of aliphatic imine (C=N–C) groups is 2. The van der Waals surface area contributed by atoms with Crippen LogP contribution in [0.5, 0.6) is 0 Å². The van der Waals surface area contributed by atoms with Gasteiger partial charge in [-0.15, -0.1) is 0 Å². The fourth-order valence-corrected chi connectivity index (χ4v) is 7.19. The highest BCUT2D eigenvalue weighted by molar-refractivity contribution is 5.90. The second-order valence-electron chi connectivity index (χ2n) is 11.6. The van der Waals surface area contributed by atoms with E-state index in [2.05, 4.69) is 0 Å². The van der Waals surface area contributed by atoms with E-state index in [9.17, 15) is 20.4 Å². The summed E-state index contributed by atoms with van der Waals surface area (Å²) in [6, 6.07) is 0. The Balaban J connectivity index is 1.47. The molecule has 0 radical (unpaired) electrons. The zero-order valence-electron chi connectivity index (χ0n) is 21.0. The molecule has 0 aromatic rings. The molecule has 4 aliphatic rings. The molecular formula is C28H48N2O4. The molecule has 194 valence electrons. The average Bonchev–Trinajstić information content (AvgIpc) is 2.84. The molecule has 0 spiro atoms. The van der Waals surface area contributed by atoms with Gasteiger partial charge in [-0.25, -0.2) is 0 Å². The van der Waals surface area contributed by atoms with Crippen molar-refractivity contribution >= 4 is 11.4 Å². The summed E-state index contributed by atoms with van der Waals surface area (Å²) in [5.41, 5.74) is 2.38. The Morgan fingerprint density at radius 3 is 1.24 bits per heavy atom. The molecule has 0 aromatic heterocycles. The second-order valence-corrected chi connectivity index (χ2v) is 11.6. The molecule has 0 aliphatic heterocycles. The van der Waals surface area contributed by atoms with E-state index in [4.69, 9.17) is 9.98 Å². The zero-order valence-corrected chi connectivity index (χ0v) is 21.0. The molecule has 6 nitrogen and oxygen atoms in total. The first-order valence-corrected chi connectivity index (χ1v) is 14.3. The third-order valence-electron chi connectivity index (χ3n) is 9.07. The molecule has 6 unspecified atom stereocenters. The second kappa shape index (κ2) is 12.9. The van der Waals surface area contributed by atoms with E-state index in [1.807, 2.05) is 0 Å². The van der Waals surface area contributed by atoms with Crippen molar-refractivity contribution in [2.75, 3.05) is 13.1 Å². The maximum atomic E-state index is 10.8. The topological polar surface area (TPSA) is 106 Å². The Hall–Kier alpha value is -0.820. The summed E-state index contributed by atoms with van der Waals surface area (Å²) in [5, 5.41) is 41.5. The highest BCUT2D eigenvalue weighted by Gasteiger charge is 2.36. The summed E-state index contributed by atoms with van der Waals surface area (Å²) in [5.74, 6) is 1.09. The van der Waals surface area contributed by atoms with Crippen LogP contribution in [0.4, 0.5) is 0 Å². The average molecular weight is 477 g/mol. The molecule has 4 N–H and O–H groups in total. The quantitative estimate of drug-likeness (QED) is 0.328. The highest BCUT2D eigenvalue weighted by atomic mass is 16.3. The van der Waals surface area contributed by atoms with Gasteiger partial charge in [0.1, 0.15) is 0 Å². The number of aliphatic hydroxyl groups is 4. The van der Waals surface area contributed by atoms with Crippen molar-refractivity contribution in [3.63, 3.8) is 0 Å². The molecule has 4 fully saturated rings. The minimum Gasteiger partial charge on any atom is -0.393 e. The van der Waals surface area contributed by atoms with Gasteiger partial charge in [0, 0.05) is 23.3 Å². The van der Waals surface area contributed by atoms with Gasteiger partial charge in [0.05, 0.1) is 37.5 Å². The minimum absolute atomic E-state index is 0.0787. The Morgan fingerprint density at radius 1 is 0.500 bits per heavy atom. The molecule has 0 aromatic carbocycles. The van der Waals surface area contributed by atoms with Crippen LogP contribution in [0, 0.1) is 23.7 Å². The number of hydrogen-bond donors (Lipinski definition) is 4. The highest BCUT2D eigenvalue weighted by Crippen LogP contribution is 2.35. The first kappa shape index (κ1) is 26.2. The third-order valence-corrected chi connectivity index (χ3v) is 9.07. The van der Waals surface area contributed by atoms with Crippen molar-refractivity contribution in [1.82, 2.24) is 0 Å². The molecule has 0 bridgehead atoms. The van der Waals surface area contributed by atoms with Crippen LogP contribution in [0.3, 0.4) is 0 Å². The normalized spacial score (nSPS) is 37.6. The number of aliphatic hydroxyl groups excluding tert-OH is 4. The molecule has 0 saturated heterocycles. The minimum atomic E-state index is -0.491. The first-order valence-electron chi connectivity index (χ1n) is 14.3. The monoisotopic (exact) mass is 476 g/mol. The lowest BCUT2D eigenvalue weighted by Crippen LogP contribution is -2.40. The van der Waals surface area contributed by atoms with Gasteiger partial charge in [0.15, 0.2) is 0 Å². The molecule has 0 amide bonds. The van der Waals surface area contributed by atoms with Crippen LogP contribution >= 0.6 is 0 Å². The largest absolute Gasteiger partial charge is 0.393 e. The Kier molecular flexibility index (Phi) is 9.99. The molecule has 34 heavy (non-hydrogen) atoms. The smallest absolute Gasteiger partial charge is 0.0645 e. The summed E-state index contributed by atoms with van der Waals surface area (Å²) in [6.45, 7) is 1.28. The number of hydrogen-bond acceptors (Lipinski definition) is 6. The molecule has 6 atom stereocenters. The van der Waals surface area contributed by atoms with Crippen LogP contribution in [0.15, 0.2) is 9.98 Å². The number of rotatable bonds is 7. The standard InChI is InChI=1S/C28H48N2O4/c31-21-11-13-23(25(33)17-21)27(19-7-3-1-4-8-19)29-15-16-30-28(20-9-5-2-6-10-20)24-14-12-22(32)18-26(24)34/h19-26,31-34H,1-18H2. The van der Waals surface area contributed by atoms with Crippen molar-refractivity contribution in [3.05, 3.63) is 0 Å². The number of nitrogens with zero attached hydrogens (tertiary/aromatic N) is 2. The predicted octanol–water partition coefficient (Wildman–Crippen LogP) is 4.07. The van der Waals surface area contributed by atoms with Gasteiger partial charge in [0.2, 0.25) is 0 Å². The lowest BCUT2D eigenvalue weighted by molar-refractivity contribution is 0.0194. The van der Waals surface area contributed by atoms with Crippen LogP contribution in [0.25, 0.3) is 0 Å². The van der Waals surface area contributed by atoms with E-state index in [0.29, 0.717) is 37.8 Å². The van der Waals surface area contributed by atoms with E-state index < -0.39 is 12.2 Å². The summed E-state index contributed by atoms with van der Waals surface area (Å²) in [6.07, 6.45) is 14.5. The van der Waals surface area contributed by atoms with Gasteiger partial charge in [-0.3, -0.25) is 9.98 Å². The molecule has 4 aliphatic carbocycles. The lowest BCUT2D eigenvalue weighted by Gasteiger charge is -2.36. The molecule has 4 saturated carbocycles. The SMILES string of the molecule is OC1CCC(C(=NCCN=C(C2CCCCC2)C2CCC(O)CC2O)C2CCCCC2)C(O)C1. The molecule has 6 heteroatoms. The van der Waals surface area contributed by atoms with Gasteiger partial charge in [0.25, 0.3) is 0 Å². The molecular weight excluding hydrogens is 428 g/mol. The van der Waals surface area contributed by atoms with E-state index in [1.54, 1.807) is 0 Å². The van der Waals surface area contributed by atoms with E-state index in [0.717, 1.165) is 51.4 Å². The predicted molar refractivity (Wildman–Crippen MR) is 136 cm³/mol. The van der Waals surface area contributed by atoms with Gasteiger partial charge >= 0.3 is 0 Å². The van der Waals surface area contributed by atoms with Crippen LogP contribution in [-0.4, -0.2) is 69.4 Å². The summed E-state index contributed by atoms with van der Waals surface area (Å²) in [7, 11) is 0. The van der Waals surface area contributed by atoms with Crippen molar-refractivity contribution in [2.45, 2.75) is 127 Å². The maximum Gasteiger partial charge on any atom is 0.0645 e. The van der Waals surface area contributed by atoms with Crippen molar-refractivity contribution in [2.24, 2.45) is 33.7 Å². The first-order chi connectivity index (χ1) is 16.5. The van der Waals surface area contributed by atoms with Crippen LogP contribution < -0.4 is 0 Å². The van der Waals surface area contributed by atoms with Crippen molar-refractivity contribution in [3.8, 4) is 0 Å². The van der Waals surface area contributed by atoms with E-state index >= 15 is 0 Å². The maximum absolute atomic E-state index is 10.8. The van der Waals surface area contributed by atoms with Gasteiger partial charge in [-0.1, -0.05) is 38.5 Å². The third kappa shape index (κ3) is 6.89. The van der Waals surface area contributed by atoms with E-state index in [-0.39, 0.29) is 24.0 Å². The van der Waals surface area contributed by atoms with Crippen molar-refractivity contribution < 1.29 is 20.4 Å². The van der Waals surface area contributed by atoms with E-state index in [1.165, 1.54) is 49.9 Å². The molecule has 0 heterocycles. The summed E-state index contributed by atoms with van der Waals surface area (Å²) in [4.78, 5) is 10.2.